The maximum absolute atomic E-state index is 11.0. The third-order valence-corrected chi connectivity index (χ3v) is 2.64. The van der Waals surface area contributed by atoms with E-state index >= 15 is 0 Å². The highest BCUT2D eigenvalue weighted by Crippen LogP contribution is 2.14. The molecule has 1 heterocycles. The fourth-order valence-electron chi connectivity index (χ4n) is 1.03. The molecule has 0 aliphatic carbocycles. The van der Waals surface area contributed by atoms with Gasteiger partial charge in [0.25, 0.3) is 0 Å². The van der Waals surface area contributed by atoms with Crippen molar-refractivity contribution in [2.75, 3.05) is 13.2 Å². The minimum Gasteiger partial charge on any atom is -0.465 e. The number of thiophene rings is 1. The molecule has 1 N–H and O–H groups in total. The van der Waals surface area contributed by atoms with Crippen LogP contribution in [0.1, 0.15) is 16.7 Å². The molecule has 15 heavy (non-hydrogen) atoms. The predicted molar refractivity (Wildman–Crippen MR) is 57.4 cm³/mol. The molecule has 0 aliphatic rings. The Morgan fingerprint density at radius 2 is 2.47 bits per heavy atom. The predicted octanol–water partition coefficient (Wildman–Crippen LogP) is 1.27. The first-order chi connectivity index (χ1) is 7.26. The molecule has 1 aromatic rings. The minimum atomic E-state index is -0.255. The summed E-state index contributed by atoms with van der Waals surface area (Å²) in [5.41, 5.74) is 0. The molecule has 0 saturated heterocycles. The van der Waals surface area contributed by atoms with E-state index in [-0.39, 0.29) is 12.5 Å². The van der Waals surface area contributed by atoms with Crippen LogP contribution < -0.4 is 5.32 Å². The molecular weight excluding hydrogens is 212 g/mol. The Morgan fingerprint density at radius 1 is 1.67 bits per heavy atom. The van der Waals surface area contributed by atoms with Gasteiger partial charge in [0.15, 0.2) is 0 Å². The van der Waals surface area contributed by atoms with Gasteiger partial charge in [-0.25, -0.2) is 0 Å². The van der Waals surface area contributed by atoms with Crippen LogP contribution in [0.25, 0.3) is 0 Å². The highest BCUT2D eigenvalue weighted by molar-refractivity contribution is 7.12. The van der Waals surface area contributed by atoms with Crippen molar-refractivity contribution in [1.82, 2.24) is 5.32 Å². The van der Waals surface area contributed by atoms with Gasteiger partial charge in [0.1, 0.15) is 10.9 Å². The number of esters is 1. The van der Waals surface area contributed by atoms with Crippen LogP contribution in [0, 0.1) is 11.3 Å². The van der Waals surface area contributed by atoms with Crippen molar-refractivity contribution in [2.45, 2.75) is 13.5 Å². The molecule has 5 heteroatoms. The smallest absolute Gasteiger partial charge is 0.319 e. The molecule has 1 rings (SSSR count). The van der Waals surface area contributed by atoms with Crippen LogP contribution in [-0.4, -0.2) is 19.1 Å². The Bertz CT molecular complexity index is 368. The molecule has 0 spiro atoms. The topological polar surface area (TPSA) is 62.1 Å². The zero-order valence-corrected chi connectivity index (χ0v) is 9.26. The van der Waals surface area contributed by atoms with E-state index in [1.807, 2.05) is 6.07 Å². The lowest BCUT2D eigenvalue weighted by molar-refractivity contribution is -0.142. The maximum Gasteiger partial charge on any atom is 0.319 e. The summed E-state index contributed by atoms with van der Waals surface area (Å²) >= 11 is 1.42. The molecule has 0 radical (unpaired) electrons. The summed E-state index contributed by atoms with van der Waals surface area (Å²) in [5, 5.41) is 11.6. The molecule has 0 aliphatic heterocycles. The molecule has 0 unspecified atom stereocenters. The second-order valence-electron chi connectivity index (χ2n) is 2.79. The van der Waals surface area contributed by atoms with E-state index in [1.54, 1.807) is 13.0 Å². The van der Waals surface area contributed by atoms with E-state index < -0.39 is 0 Å². The molecule has 0 amide bonds. The Kier molecular flexibility index (Phi) is 4.81. The molecule has 0 fully saturated rings. The molecule has 0 aromatic carbocycles. The fraction of sp³-hybridized carbons (Fsp3) is 0.400. The minimum absolute atomic E-state index is 0.202. The van der Waals surface area contributed by atoms with E-state index in [0.29, 0.717) is 18.0 Å². The quantitative estimate of drug-likeness (QED) is 0.765. The van der Waals surface area contributed by atoms with Crippen LogP contribution in [-0.2, 0) is 16.1 Å². The largest absolute Gasteiger partial charge is 0.465 e. The van der Waals surface area contributed by atoms with E-state index in [0.717, 1.165) is 4.88 Å². The van der Waals surface area contributed by atoms with Gasteiger partial charge >= 0.3 is 5.97 Å². The van der Waals surface area contributed by atoms with Crippen LogP contribution in [0.3, 0.4) is 0 Å². The van der Waals surface area contributed by atoms with Crippen LogP contribution in [0.2, 0.25) is 0 Å². The van der Waals surface area contributed by atoms with Crippen molar-refractivity contribution in [3.8, 4) is 6.07 Å². The second kappa shape index (κ2) is 6.17. The number of carbonyl (C=O) groups excluding carboxylic acids is 1. The highest BCUT2D eigenvalue weighted by Gasteiger charge is 2.02. The molecule has 0 saturated carbocycles. The molecule has 4 nitrogen and oxygen atoms in total. The van der Waals surface area contributed by atoms with E-state index in [4.69, 9.17) is 10.00 Å². The monoisotopic (exact) mass is 224 g/mol. The highest BCUT2D eigenvalue weighted by atomic mass is 32.1. The normalized spacial score (nSPS) is 9.60. The van der Waals surface area contributed by atoms with Crippen molar-refractivity contribution in [2.24, 2.45) is 0 Å². The number of nitrogens with one attached hydrogen (secondary N) is 1. The van der Waals surface area contributed by atoms with Gasteiger partial charge in [-0.15, -0.1) is 11.3 Å². The van der Waals surface area contributed by atoms with Gasteiger partial charge in [-0.2, -0.15) is 5.26 Å². The number of nitrogens with zero attached hydrogens (tertiary/aromatic N) is 1. The van der Waals surface area contributed by atoms with Crippen molar-refractivity contribution in [3.63, 3.8) is 0 Å². The van der Waals surface area contributed by atoms with E-state index in [2.05, 4.69) is 11.4 Å². The standard InChI is InChI=1S/C10H12N2O2S/c1-2-14-10(13)7-12-6-9-4-3-8(5-11)15-9/h3-4,12H,2,6-7H2,1H3. The molecular formula is C10H12N2O2S. The molecule has 80 valence electrons. The summed E-state index contributed by atoms with van der Waals surface area (Å²) < 4.78 is 4.76. The molecule has 1 aromatic heterocycles. The summed E-state index contributed by atoms with van der Waals surface area (Å²) in [5.74, 6) is -0.255. The second-order valence-corrected chi connectivity index (χ2v) is 3.95. The summed E-state index contributed by atoms with van der Waals surface area (Å²) in [7, 11) is 0. The van der Waals surface area contributed by atoms with Crippen molar-refractivity contribution >= 4 is 17.3 Å². The van der Waals surface area contributed by atoms with Gasteiger partial charge in [-0.05, 0) is 19.1 Å². The average molecular weight is 224 g/mol. The lowest BCUT2D eigenvalue weighted by Gasteiger charge is -2.02. The van der Waals surface area contributed by atoms with Gasteiger partial charge in [-0.1, -0.05) is 0 Å². The fourth-order valence-corrected chi connectivity index (χ4v) is 1.81. The summed E-state index contributed by atoms with van der Waals surface area (Å²) in [4.78, 5) is 12.7. The lowest BCUT2D eigenvalue weighted by Crippen LogP contribution is -2.23. The number of ether oxygens (including phenoxy) is 1. The van der Waals surface area contributed by atoms with Gasteiger partial charge in [0, 0.05) is 11.4 Å². The van der Waals surface area contributed by atoms with Gasteiger partial charge in [0.05, 0.1) is 13.2 Å². The lowest BCUT2D eigenvalue weighted by atomic mass is 10.4. The molecule has 0 bridgehead atoms. The Hall–Kier alpha value is -1.38. The number of nitriles is 1. The van der Waals surface area contributed by atoms with Crippen molar-refractivity contribution in [1.29, 1.82) is 5.26 Å². The van der Waals surface area contributed by atoms with Crippen molar-refractivity contribution in [3.05, 3.63) is 21.9 Å². The van der Waals surface area contributed by atoms with E-state index in [1.165, 1.54) is 11.3 Å². The maximum atomic E-state index is 11.0. The van der Waals surface area contributed by atoms with Crippen LogP contribution in [0.15, 0.2) is 12.1 Å². The third-order valence-electron chi connectivity index (χ3n) is 1.65. The third kappa shape index (κ3) is 4.11. The summed E-state index contributed by atoms with van der Waals surface area (Å²) in [6, 6.07) is 5.71. The summed E-state index contributed by atoms with van der Waals surface area (Å²) in [6.45, 7) is 2.97. The van der Waals surface area contributed by atoms with Crippen LogP contribution in [0.4, 0.5) is 0 Å². The van der Waals surface area contributed by atoms with Gasteiger partial charge in [-0.3, -0.25) is 4.79 Å². The SMILES string of the molecule is CCOC(=O)CNCc1ccc(C#N)s1. The van der Waals surface area contributed by atoms with Gasteiger partial charge < -0.3 is 10.1 Å². The van der Waals surface area contributed by atoms with Crippen LogP contribution >= 0.6 is 11.3 Å². The first-order valence-electron chi connectivity index (χ1n) is 4.61. The Balaban J connectivity index is 2.26. The van der Waals surface area contributed by atoms with Crippen LogP contribution in [0.5, 0.6) is 0 Å². The first-order valence-corrected chi connectivity index (χ1v) is 5.43. The number of hydrogen-bond donors (Lipinski definition) is 1. The zero-order chi connectivity index (χ0) is 11.1. The van der Waals surface area contributed by atoms with Crippen molar-refractivity contribution < 1.29 is 9.53 Å². The zero-order valence-electron chi connectivity index (χ0n) is 8.45. The first kappa shape index (κ1) is 11.7. The summed E-state index contributed by atoms with van der Waals surface area (Å²) in [6.07, 6.45) is 0. The average Bonchev–Trinajstić information content (AvgIpc) is 2.66. The Morgan fingerprint density at radius 3 is 3.07 bits per heavy atom. The number of hydrogen-bond acceptors (Lipinski definition) is 5. The molecule has 0 atom stereocenters. The van der Waals surface area contributed by atoms with Gasteiger partial charge in [0.2, 0.25) is 0 Å². The number of rotatable bonds is 5. The van der Waals surface area contributed by atoms with E-state index in [9.17, 15) is 4.79 Å². The number of carbonyl (C=O) groups is 1. The Labute approximate surface area is 92.5 Å².